The Morgan fingerprint density at radius 1 is 1.27 bits per heavy atom. The molecule has 0 aliphatic carbocycles. The van der Waals surface area contributed by atoms with E-state index in [0.29, 0.717) is 0 Å². The summed E-state index contributed by atoms with van der Waals surface area (Å²) in [5.41, 5.74) is 0.732. The van der Waals surface area contributed by atoms with Crippen molar-refractivity contribution in [3.8, 4) is 0 Å². The Labute approximate surface area is 73.6 Å². The fourth-order valence-electron chi connectivity index (χ4n) is 0.790. The Balaban J connectivity index is 2.81. The van der Waals surface area contributed by atoms with E-state index in [1.807, 2.05) is 12.1 Å². The Bertz CT molecular complexity index is 220. The van der Waals surface area contributed by atoms with Crippen molar-refractivity contribution >= 4 is 15.9 Å². The van der Waals surface area contributed by atoms with Crippen molar-refractivity contribution < 1.29 is 10.2 Å². The molecule has 0 aliphatic heterocycles. The molecule has 11 heavy (non-hydrogen) atoms. The van der Waals surface area contributed by atoms with Gasteiger partial charge in [-0.1, -0.05) is 28.1 Å². The summed E-state index contributed by atoms with van der Waals surface area (Å²) in [5, 5.41) is 17.8. The molecule has 1 rings (SSSR count). The molecular formula is C8H9BrO2. The third-order valence-electron chi connectivity index (χ3n) is 1.43. The summed E-state index contributed by atoms with van der Waals surface area (Å²) in [6.07, 6.45) is -0.761. The number of benzene rings is 1. The molecule has 0 saturated carbocycles. The van der Waals surface area contributed by atoms with E-state index in [2.05, 4.69) is 15.9 Å². The van der Waals surface area contributed by atoms with E-state index in [9.17, 15) is 0 Å². The molecule has 2 N–H and O–H groups in total. The molecule has 2 nitrogen and oxygen atoms in total. The number of rotatable bonds is 2. The predicted molar refractivity (Wildman–Crippen MR) is 46.2 cm³/mol. The predicted octanol–water partition coefficient (Wildman–Crippen LogP) is 1.47. The van der Waals surface area contributed by atoms with Crippen LogP contribution in [0.15, 0.2) is 28.7 Å². The fourth-order valence-corrected chi connectivity index (χ4v) is 1.05. The first-order chi connectivity index (χ1) is 5.24. The molecule has 0 aromatic heterocycles. The maximum absolute atomic E-state index is 9.15. The van der Waals surface area contributed by atoms with Crippen LogP contribution in [0.4, 0.5) is 0 Å². The molecule has 0 unspecified atom stereocenters. The average molecular weight is 217 g/mol. The van der Waals surface area contributed by atoms with Crippen molar-refractivity contribution in [3.63, 3.8) is 0 Å². The van der Waals surface area contributed by atoms with E-state index < -0.39 is 6.10 Å². The zero-order chi connectivity index (χ0) is 8.27. The summed E-state index contributed by atoms with van der Waals surface area (Å²) >= 11 is 3.27. The Kier molecular flexibility index (Phi) is 3.05. The molecule has 0 radical (unpaired) electrons. The van der Waals surface area contributed by atoms with Gasteiger partial charge < -0.3 is 10.2 Å². The zero-order valence-electron chi connectivity index (χ0n) is 5.87. The number of hydrogen-bond donors (Lipinski definition) is 2. The van der Waals surface area contributed by atoms with Gasteiger partial charge in [0.25, 0.3) is 0 Å². The minimum atomic E-state index is -0.761. The molecule has 0 amide bonds. The van der Waals surface area contributed by atoms with Crippen LogP contribution in [0, 0.1) is 0 Å². The topological polar surface area (TPSA) is 40.5 Å². The maximum Gasteiger partial charge on any atom is 0.102 e. The van der Waals surface area contributed by atoms with E-state index in [0.717, 1.165) is 10.0 Å². The van der Waals surface area contributed by atoms with E-state index in [-0.39, 0.29) is 6.61 Å². The quantitative estimate of drug-likeness (QED) is 0.787. The van der Waals surface area contributed by atoms with Crippen LogP contribution in [-0.2, 0) is 0 Å². The molecule has 0 saturated heterocycles. The summed E-state index contributed by atoms with van der Waals surface area (Å²) in [7, 11) is 0. The summed E-state index contributed by atoms with van der Waals surface area (Å²) in [6.45, 7) is -0.234. The normalized spacial score (nSPS) is 13.0. The van der Waals surface area contributed by atoms with Gasteiger partial charge in [0.1, 0.15) is 6.10 Å². The van der Waals surface area contributed by atoms with Gasteiger partial charge in [-0.05, 0) is 17.7 Å². The lowest BCUT2D eigenvalue weighted by atomic mass is 10.1. The van der Waals surface area contributed by atoms with Gasteiger partial charge in [0, 0.05) is 4.47 Å². The molecule has 60 valence electrons. The van der Waals surface area contributed by atoms with Crippen molar-refractivity contribution in [1.29, 1.82) is 0 Å². The average Bonchev–Trinajstić information content (AvgIpc) is 2.05. The van der Waals surface area contributed by atoms with Crippen LogP contribution in [0.25, 0.3) is 0 Å². The molecule has 1 aromatic rings. The van der Waals surface area contributed by atoms with Crippen LogP contribution in [0.5, 0.6) is 0 Å². The third kappa shape index (κ3) is 2.29. The van der Waals surface area contributed by atoms with Gasteiger partial charge in [-0.25, -0.2) is 0 Å². The first-order valence-corrected chi connectivity index (χ1v) is 4.07. The molecule has 0 spiro atoms. The molecule has 0 heterocycles. The van der Waals surface area contributed by atoms with Gasteiger partial charge in [0.15, 0.2) is 0 Å². The van der Waals surface area contributed by atoms with Crippen molar-refractivity contribution in [3.05, 3.63) is 34.3 Å². The molecular weight excluding hydrogens is 208 g/mol. The minimum Gasteiger partial charge on any atom is -0.393 e. The van der Waals surface area contributed by atoms with E-state index in [1.54, 1.807) is 12.1 Å². The van der Waals surface area contributed by atoms with E-state index in [1.165, 1.54) is 0 Å². The van der Waals surface area contributed by atoms with Crippen LogP contribution in [0.1, 0.15) is 11.7 Å². The Morgan fingerprint density at radius 3 is 2.27 bits per heavy atom. The van der Waals surface area contributed by atoms with Crippen molar-refractivity contribution in [1.82, 2.24) is 0 Å². The van der Waals surface area contributed by atoms with Crippen molar-refractivity contribution in [2.75, 3.05) is 6.61 Å². The van der Waals surface area contributed by atoms with Gasteiger partial charge in [-0.15, -0.1) is 0 Å². The van der Waals surface area contributed by atoms with Crippen LogP contribution >= 0.6 is 15.9 Å². The molecule has 1 atom stereocenters. The highest BCUT2D eigenvalue weighted by Crippen LogP contribution is 2.15. The first kappa shape index (κ1) is 8.71. The lowest BCUT2D eigenvalue weighted by Gasteiger charge is -2.06. The highest BCUT2D eigenvalue weighted by molar-refractivity contribution is 9.10. The van der Waals surface area contributed by atoms with E-state index >= 15 is 0 Å². The van der Waals surface area contributed by atoms with Crippen molar-refractivity contribution in [2.45, 2.75) is 6.10 Å². The molecule has 3 heteroatoms. The largest absolute Gasteiger partial charge is 0.393 e. The lowest BCUT2D eigenvalue weighted by Crippen LogP contribution is -2.01. The fraction of sp³-hybridized carbons (Fsp3) is 0.250. The van der Waals surface area contributed by atoms with Crippen LogP contribution in [0.3, 0.4) is 0 Å². The zero-order valence-corrected chi connectivity index (χ0v) is 7.45. The number of aliphatic hydroxyl groups is 2. The first-order valence-electron chi connectivity index (χ1n) is 3.28. The Hall–Kier alpha value is -0.380. The van der Waals surface area contributed by atoms with Crippen molar-refractivity contribution in [2.24, 2.45) is 0 Å². The van der Waals surface area contributed by atoms with Gasteiger partial charge in [-0.3, -0.25) is 0 Å². The third-order valence-corrected chi connectivity index (χ3v) is 1.96. The maximum atomic E-state index is 9.15. The van der Waals surface area contributed by atoms with Crippen LogP contribution in [-0.4, -0.2) is 16.8 Å². The van der Waals surface area contributed by atoms with Gasteiger partial charge in [-0.2, -0.15) is 0 Å². The second-order valence-electron chi connectivity index (χ2n) is 2.25. The molecule has 0 aliphatic rings. The summed E-state index contributed by atoms with van der Waals surface area (Å²) in [4.78, 5) is 0. The van der Waals surface area contributed by atoms with Crippen LogP contribution < -0.4 is 0 Å². The summed E-state index contributed by atoms with van der Waals surface area (Å²) in [6, 6.07) is 7.19. The number of halogens is 1. The second-order valence-corrected chi connectivity index (χ2v) is 3.17. The highest BCUT2D eigenvalue weighted by atomic mass is 79.9. The van der Waals surface area contributed by atoms with Crippen LogP contribution in [0.2, 0.25) is 0 Å². The summed E-state index contributed by atoms with van der Waals surface area (Å²) in [5.74, 6) is 0. The standard InChI is InChI=1S/C8H9BrO2/c9-7-3-1-6(2-4-7)8(11)5-10/h1-4,8,10-11H,5H2/t8-/m0/s1. The smallest absolute Gasteiger partial charge is 0.102 e. The molecule has 0 fully saturated rings. The SMILES string of the molecule is OC[C@H](O)c1ccc(Br)cc1. The van der Waals surface area contributed by atoms with Gasteiger partial charge in [0.2, 0.25) is 0 Å². The second kappa shape index (κ2) is 3.85. The number of aliphatic hydroxyl groups excluding tert-OH is 2. The Morgan fingerprint density at radius 2 is 1.82 bits per heavy atom. The minimum absolute atomic E-state index is 0.234. The number of hydrogen-bond acceptors (Lipinski definition) is 2. The molecule has 0 bridgehead atoms. The highest BCUT2D eigenvalue weighted by Gasteiger charge is 2.03. The molecule has 1 aromatic carbocycles. The monoisotopic (exact) mass is 216 g/mol. The lowest BCUT2D eigenvalue weighted by molar-refractivity contribution is 0.0956. The van der Waals surface area contributed by atoms with E-state index in [4.69, 9.17) is 10.2 Å². The van der Waals surface area contributed by atoms with Gasteiger partial charge >= 0.3 is 0 Å². The summed E-state index contributed by atoms with van der Waals surface area (Å²) < 4.78 is 0.964. The van der Waals surface area contributed by atoms with Gasteiger partial charge in [0.05, 0.1) is 6.61 Å².